The van der Waals surface area contributed by atoms with Crippen molar-refractivity contribution in [2.45, 2.75) is 46.3 Å². The molecule has 0 unspecified atom stereocenters. The van der Waals surface area contributed by atoms with Crippen LogP contribution >= 0.6 is 0 Å². The molecule has 15 heavy (non-hydrogen) atoms. The molecule has 1 fully saturated rings. The highest BCUT2D eigenvalue weighted by Crippen LogP contribution is 2.09. The molecule has 0 N–H and O–H groups in total. The Morgan fingerprint density at radius 3 is 2.40 bits per heavy atom. The lowest BCUT2D eigenvalue weighted by atomic mass is 10.3. The lowest BCUT2D eigenvalue weighted by Crippen LogP contribution is -2.21. The van der Waals surface area contributed by atoms with E-state index in [4.69, 9.17) is 9.47 Å². The standard InChI is InChI=1S/C10H21NO2.C2H6/c1-9(2)12-6-7-13-10-4-5-11(3)8-10;1-2/h9-10H,4-8H2,1-3H3;1-2H3/t10-;/m0./s1. The Balaban J connectivity index is 0.000000921. The summed E-state index contributed by atoms with van der Waals surface area (Å²) in [6, 6.07) is 0. The van der Waals surface area contributed by atoms with Crippen LogP contribution in [0.3, 0.4) is 0 Å². The Hall–Kier alpha value is -0.120. The van der Waals surface area contributed by atoms with Gasteiger partial charge in [-0.15, -0.1) is 0 Å². The summed E-state index contributed by atoms with van der Waals surface area (Å²) in [6.45, 7) is 11.8. The molecule has 0 spiro atoms. The Kier molecular flexibility index (Phi) is 9.06. The zero-order valence-corrected chi connectivity index (χ0v) is 11.0. The van der Waals surface area contributed by atoms with Crippen LogP contribution in [0.15, 0.2) is 0 Å². The molecule has 0 bridgehead atoms. The summed E-state index contributed by atoms with van der Waals surface area (Å²) in [5.41, 5.74) is 0. The van der Waals surface area contributed by atoms with Gasteiger partial charge in [-0.05, 0) is 27.3 Å². The molecule has 1 saturated heterocycles. The van der Waals surface area contributed by atoms with Crippen LogP contribution in [0.1, 0.15) is 34.1 Å². The molecule has 0 aliphatic carbocycles. The van der Waals surface area contributed by atoms with Gasteiger partial charge in [0, 0.05) is 13.1 Å². The second-order valence-electron chi connectivity index (χ2n) is 3.96. The van der Waals surface area contributed by atoms with Gasteiger partial charge in [0.1, 0.15) is 0 Å². The molecular formula is C12H27NO2. The normalized spacial score (nSPS) is 21.6. The molecule has 0 amide bonds. The van der Waals surface area contributed by atoms with E-state index in [2.05, 4.69) is 11.9 Å². The van der Waals surface area contributed by atoms with Gasteiger partial charge in [-0.1, -0.05) is 13.8 Å². The van der Waals surface area contributed by atoms with Crippen LogP contribution in [0.25, 0.3) is 0 Å². The third-order valence-electron chi connectivity index (χ3n) is 2.24. The first kappa shape index (κ1) is 14.9. The summed E-state index contributed by atoms with van der Waals surface area (Å²) in [6.07, 6.45) is 1.91. The number of rotatable bonds is 5. The molecule has 0 radical (unpaired) electrons. The van der Waals surface area contributed by atoms with Crippen molar-refractivity contribution in [1.29, 1.82) is 0 Å². The molecule has 1 rings (SSSR count). The fraction of sp³-hybridized carbons (Fsp3) is 1.00. The average Bonchev–Trinajstić information content (AvgIpc) is 2.62. The zero-order chi connectivity index (χ0) is 11.7. The van der Waals surface area contributed by atoms with E-state index in [0.29, 0.717) is 12.2 Å². The summed E-state index contributed by atoms with van der Waals surface area (Å²) >= 11 is 0. The van der Waals surface area contributed by atoms with E-state index in [-0.39, 0.29) is 0 Å². The Morgan fingerprint density at radius 2 is 1.93 bits per heavy atom. The SMILES string of the molecule is CC.CC(C)OCCO[C@H]1CCN(C)C1. The first-order chi connectivity index (χ1) is 7.18. The van der Waals surface area contributed by atoms with E-state index in [0.717, 1.165) is 32.7 Å². The van der Waals surface area contributed by atoms with Crippen molar-refractivity contribution in [2.24, 2.45) is 0 Å². The molecule has 1 aliphatic heterocycles. The predicted molar refractivity (Wildman–Crippen MR) is 64.3 cm³/mol. The van der Waals surface area contributed by atoms with Crippen LogP contribution in [-0.4, -0.2) is 50.5 Å². The van der Waals surface area contributed by atoms with Crippen LogP contribution < -0.4 is 0 Å². The Labute approximate surface area is 94.7 Å². The fourth-order valence-corrected chi connectivity index (χ4v) is 1.53. The van der Waals surface area contributed by atoms with Gasteiger partial charge < -0.3 is 14.4 Å². The molecule has 92 valence electrons. The maximum absolute atomic E-state index is 5.66. The monoisotopic (exact) mass is 217 g/mol. The van der Waals surface area contributed by atoms with Crippen molar-refractivity contribution in [2.75, 3.05) is 33.4 Å². The maximum atomic E-state index is 5.66. The van der Waals surface area contributed by atoms with Crippen molar-refractivity contribution in [3.05, 3.63) is 0 Å². The van der Waals surface area contributed by atoms with Crippen LogP contribution in [-0.2, 0) is 9.47 Å². The molecular weight excluding hydrogens is 190 g/mol. The summed E-state index contributed by atoms with van der Waals surface area (Å²) < 4.78 is 11.0. The van der Waals surface area contributed by atoms with Gasteiger partial charge in [-0.25, -0.2) is 0 Å². The van der Waals surface area contributed by atoms with E-state index in [1.165, 1.54) is 0 Å². The van der Waals surface area contributed by atoms with Gasteiger partial charge in [0.2, 0.25) is 0 Å². The minimum absolute atomic E-state index is 0.315. The maximum Gasteiger partial charge on any atom is 0.0715 e. The Morgan fingerprint density at radius 1 is 1.27 bits per heavy atom. The molecule has 1 atom stereocenters. The molecule has 0 aromatic carbocycles. The van der Waals surface area contributed by atoms with Crippen LogP contribution in [0.5, 0.6) is 0 Å². The first-order valence-electron chi connectivity index (χ1n) is 6.10. The van der Waals surface area contributed by atoms with Gasteiger partial charge in [-0.2, -0.15) is 0 Å². The van der Waals surface area contributed by atoms with E-state index in [1.807, 2.05) is 27.7 Å². The van der Waals surface area contributed by atoms with E-state index in [1.54, 1.807) is 0 Å². The van der Waals surface area contributed by atoms with Crippen LogP contribution in [0.4, 0.5) is 0 Å². The van der Waals surface area contributed by atoms with Crippen LogP contribution in [0, 0.1) is 0 Å². The molecule has 1 aliphatic rings. The number of likely N-dealkylation sites (N-methyl/N-ethyl adjacent to an activating group) is 1. The van der Waals surface area contributed by atoms with E-state index >= 15 is 0 Å². The van der Waals surface area contributed by atoms with Gasteiger partial charge in [0.25, 0.3) is 0 Å². The lowest BCUT2D eigenvalue weighted by molar-refractivity contribution is -0.00831. The number of hydrogen-bond donors (Lipinski definition) is 0. The van der Waals surface area contributed by atoms with Gasteiger partial charge in [0.15, 0.2) is 0 Å². The summed E-state index contributed by atoms with van der Waals surface area (Å²) in [7, 11) is 2.13. The smallest absolute Gasteiger partial charge is 0.0715 e. The van der Waals surface area contributed by atoms with Crippen molar-refractivity contribution >= 4 is 0 Å². The molecule has 0 aromatic rings. The number of ether oxygens (including phenoxy) is 2. The highest BCUT2D eigenvalue weighted by atomic mass is 16.5. The minimum Gasteiger partial charge on any atom is -0.376 e. The van der Waals surface area contributed by atoms with Gasteiger partial charge >= 0.3 is 0 Å². The number of likely N-dealkylation sites (tertiary alicyclic amines) is 1. The Bertz CT molecular complexity index is 140. The zero-order valence-electron chi connectivity index (χ0n) is 11.0. The summed E-state index contributed by atoms with van der Waals surface area (Å²) in [5.74, 6) is 0. The van der Waals surface area contributed by atoms with Crippen molar-refractivity contribution in [3.8, 4) is 0 Å². The largest absolute Gasteiger partial charge is 0.376 e. The second kappa shape index (κ2) is 9.13. The molecule has 0 aromatic heterocycles. The van der Waals surface area contributed by atoms with Crippen molar-refractivity contribution in [3.63, 3.8) is 0 Å². The highest BCUT2D eigenvalue weighted by Gasteiger charge is 2.19. The second-order valence-corrected chi connectivity index (χ2v) is 3.96. The molecule has 3 heteroatoms. The number of hydrogen-bond acceptors (Lipinski definition) is 3. The number of nitrogens with zero attached hydrogens (tertiary/aromatic N) is 1. The average molecular weight is 217 g/mol. The molecule has 1 heterocycles. The van der Waals surface area contributed by atoms with Crippen molar-refractivity contribution < 1.29 is 9.47 Å². The van der Waals surface area contributed by atoms with Crippen LogP contribution in [0.2, 0.25) is 0 Å². The third-order valence-corrected chi connectivity index (χ3v) is 2.24. The summed E-state index contributed by atoms with van der Waals surface area (Å²) in [5, 5.41) is 0. The topological polar surface area (TPSA) is 21.7 Å². The third kappa shape index (κ3) is 7.77. The summed E-state index contributed by atoms with van der Waals surface area (Å²) in [4.78, 5) is 2.30. The predicted octanol–water partition coefficient (Wildman–Crippen LogP) is 2.16. The van der Waals surface area contributed by atoms with Crippen molar-refractivity contribution in [1.82, 2.24) is 4.90 Å². The molecule has 3 nitrogen and oxygen atoms in total. The first-order valence-corrected chi connectivity index (χ1v) is 6.10. The molecule has 0 saturated carbocycles. The fourth-order valence-electron chi connectivity index (χ4n) is 1.53. The van der Waals surface area contributed by atoms with E-state index in [9.17, 15) is 0 Å². The lowest BCUT2D eigenvalue weighted by Gasteiger charge is -2.13. The van der Waals surface area contributed by atoms with E-state index < -0.39 is 0 Å². The quantitative estimate of drug-likeness (QED) is 0.659. The minimum atomic E-state index is 0.315. The van der Waals surface area contributed by atoms with Gasteiger partial charge in [-0.3, -0.25) is 0 Å². The highest BCUT2D eigenvalue weighted by molar-refractivity contribution is 4.72. The van der Waals surface area contributed by atoms with Gasteiger partial charge in [0.05, 0.1) is 25.4 Å².